The quantitative estimate of drug-likeness (QED) is 0.932. The molecule has 0 aromatic carbocycles. The molecule has 0 saturated heterocycles. The van der Waals surface area contributed by atoms with Gasteiger partial charge in [-0.05, 0) is 39.5 Å². The highest BCUT2D eigenvalue weighted by atomic mass is 15.3. The first-order chi connectivity index (χ1) is 9.69. The van der Waals surface area contributed by atoms with Crippen LogP contribution in [0.1, 0.15) is 36.7 Å². The Morgan fingerprint density at radius 2 is 2.05 bits per heavy atom. The fraction of sp³-hybridized carbons (Fsp3) is 0.533. The normalized spacial score (nSPS) is 14.2. The Kier molecular flexibility index (Phi) is 3.42. The minimum absolute atomic E-state index is 0.798. The summed E-state index contributed by atoms with van der Waals surface area (Å²) in [6, 6.07) is 0. The molecule has 0 amide bonds. The van der Waals surface area contributed by atoms with E-state index in [-0.39, 0.29) is 0 Å². The molecular weight excluding hydrogens is 250 g/mol. The van der Waals surface area contributed by atoms with Crippen molar-refractivity contribution in [3.8, 4) is 11.4 Å². The van der Waals surface area contributed by atoms with E-state index in [4.69, 9.17) is 9.97 Å². The van der Waals surface area contributed by atoms with E-state index >= 15 is 0 Å². The van der Waals surface area contributed by atoms with Gasteiger partial charge in [-0.2, -0.15) is 5.10 Å². The first-order valence-corrected chi connectivity index (χ1v) is 7.33. The predicted octanol–water partition coefficient (Wildman–Crippen LogP) is 2.50. The topological polar surface area (TPSA) is 55.6 Å². The number of nitrogens with one attached hydrogen (secondary N) is 1. The number of fused-ring (bicyclic) bond motifs is 1. The van der Waals surface area contributed by atoms with Crippen molar-refractivity contribution >= 4 is 5.82 Å². The maximum Gasteiger partial charge on any atom is 0.165 e. The highest BCUT2D eigenvalue weighted by molar-refractivity contribution is 5.61. The standard InChI is InChI=1S/C15H21N5/c1-4-16-14-11-7-5-6-8-13(11)17-15(18-14)12-9-20(3)19-10(12)2/h9H,4-8H2,1-3H3,(H,16,17,18). The van der Waals surface area contributed by atoms with Crippen LogP contribution in [0.25, 0.3) is 11.4 Å². The van der Waals surface area contributed by atoms with E-state index in [0.717, 1.165) is 42.3 Å². The Balaban J connectivity index is 2.12. The van der Waals surface area contributed by atoms with Crippen molar-refractivity contribution in [2.24, 2.45) is 7.05 Å². The van der Waals surface area contributed by atoms with Crippen LogP contribution in [0.2, 0.25) is 0 Å². The molecule has 20 heavy (non-hydrogen) atoms. The molecular formula is C15H21N5. The van der Waals surface area contributed by atoms with Crippen LogP contribution >= 0.6 is 0 Å². The molecule has 106 valence electrons. The molecule has 0 bridgehead atoms. The van der Waals surface area contributed by atoms with E-state index in [1.54, 1.807) is 0 Å². The highest BCUT2D eigenvalue weighted by Crippen LogP contribution is 2.29. The zero-order valence-corrected chi connectivity index (χ0v) is 12.4. The van der Waals surface area contributed by atoms with E-state index in [0.29, 0.717) is 0 Å². The number of hydrogen-bond donors (Lipinski definition) is 1. The van der Waals surface area contributed by atoms with Crippen LogP contribution in [-0.2, 0) is 19.9 Å². The van der Waals surface area contributed by atoms with Gasteiger partial charge in [0.2, 0.25) is 0 Å². The molecule has 0 fully saturated rings. The summed E-state index contributed by atoms with van der Waals surface area (Å²) < 4.78 is 1.82. The molecule has 1 aliphatic rings. The number of aryl methyl sites for hydroxylation is 3. The Hall–Kier alpha value is -1.91. The van der Waals surface area contributed by atoms with Crippen LogP contribution < -0.4 is 5.32 Å². The van der Waals surface area contributed by atoms with Crippen LogP contribution in [0, 0.1) is 6.92 Å². The SMILES string of the molecule is CCNc1nc(-c2cn(C)nc2C)nc2c1CCCC2. The molecule has 1 aliphatic carbocycles. The van der Waals surface area contributed by atoms with Gasteiger partial charge >= 0.3 is 0 Å². The first kappa shape index (κ1) is 13.1. The Bertz CT molecular complexity index is 629. The number of anilines is 1. The van der Waals surface area contributed by atoms with Gasteiger partial charge in [0.15, 0.2) is 5.82 Å². The highest BCUT2D eigenvalue weighted by Gasteiger charge is 2.19. The fourth-order valence-electron chi connectivity index (χ4n) is 2.85. The summed E-state index contributed by atoms with van der Waals surface area (Å²) in [5.41, 5.74) is 4.52. The molecule has 5 nitrogen and oxygen atoms in total. The second kappa shape index (κ2) is 5.23. The molecule has 2 heterocycles. The summed E-state index contributed by atoms with van der Waals surface area (Å²) in [6.07, 6.45) is 6.60. The van der Waals surface area contributed by atoms with Crippen molar-refractivity contribution in [1.29, 1.82) is 0 Å². The third kappa shape index (κ3) is 2.28. The number of rotatable bonds is 3. The lowest BCUT2D eigenvalue weighted by Crippen LogP contribution is -2.13. The number of aromatic nitrogens is 4. The van der Waals surface area contributed by atoms with Gasteiger partial charge in [0, 0.05) is 31.0 Å². The van der Waals surface area contributed by atoms with Crippen molar-refractivity contribution in [2.75, 3.05) is 11.9 Å². The summed E-state index contributed by atoms with van der Waals surface area (Å²) in [5, 5.41) is 7.79. The van der Waals surface area contributed by atoms with Gasteiger partial charge in [-0.3, -0.25) is 4.68 Å². The average Bonchev–Trinajstić information content (AvgIpc) is 2.78. The Labute approximate surface area is 119 Å². The molecule has 0 saturated carbocycles. The van der Waals surface area contributed by atoms with Crippen molar-refractivity contribution in [3.05, 3.63) is 23.1 Å². The molecule has 3 rings (SSSR count). The lowest BCUT2D eigenvalue weighted by atomic mass is 9.96. The van der Waals surface area contributed by atoms with E-state index in [1.165, 1.54) is 24.1 Å². The van der Waals surface area contributed by atoms with Crippen molar-refractivity contribution < 1.29 is 0 Å². The summed E-state index contributed by atoms with van der Waals surface area (Å²) in [6.45, 7) is 4.99. The maximum absolute atomic E-state index is 4.80. The Morgan fingerprint density at radius 1 is 1.25 bits per heavy atom. The number of hydrogen-bond acceptors (Lipinski definition) is 4. The molecule has 2 aromatic rings. The third-order valence-corrected chi connectivity index (χ3v) is 3.78. The van der Waals surface area contributed by atoms with Crippen molar-refractivity contribution in [2.45, 2.75) is 39.5 Å². The van der Waals surface area contributed by atoms with Gasteiger partial charge in [-0.25, -0.2) is 9.97 Å². The summed E-state index contributed by atoms with van der Waals surface area (Å²) >= 11 is 0. The second-order valence-corrected chi connectivity index (χ2v) is 5.36. The monoisotopic (exact) mass is 271 g/mol. The summed E-state index contributed by atoms with van der Waals surface area (Å²) in [5.74, 6) is 1.81. The zero-order valence-electron chi connectivity index (χ0n) is 12.4. The molecule has 0 atom stereocenters. The average molecular weight is 271 g/mol. The van der Waals surface area contributed by atoms with E-state index in [2.05, 4.69) is 17.3 Å². The van der Waals surface area contributed by atoms with Crippen molar-refractivity contribution in [3.63, 3.8) is 0 Å². The van der Waals surface area contributed by atoms with Crippen LogP contribution in [0.5, 0.6) is 0 Å². The van der Waals surface area contributed by atoms with Gasteiger partial charge in [0.05, 0.1) is 11.3 Å². The van der Waals surface area contributed by atoms with Crippen LogP contribution in [0.4, 0.5) is 5.82 Å². The lowest BCUT2D eigenvalue weighted by Gasteiger charge is -2.19. The van der Waals surface area contributed by atoms with Gasteiger partial charge in [-0.15, -0.1) is 0 Å². The van der Waals surface area contributed by atoms with Crippen LogP contribution in [0.15, 0.2) is 6.20 Å². The second-order valence-electron chi connectivity index (χ2n) is 5.36. The molecule has 5 heteroatoms. The van der Waals surface area contributed by atoms with Crippen molar-refractivity contribution in [1.82, 2.24) is 19.7 Å². The summed E-state index contributed by atoms with van der Waals surface area (Å²) in [7, 11) is 1.93. The minimum atomic E-state index is 0.798. The van der Waals surface area contributed by atoms with Gasteiger partial charge < -0.3 is 5.32 Å². The van der Waals surface area contributed by atoms with Gasteiger partial charge in [0.1, 0.15) is 5.82 Å². The first-order valence-electron chi connectivity index (χ1n) is 7.33. The van der Waals surface area contributed by atoms with Crippen LogP contribution in [0.3, 0.4) is 0 Å². The van der Waals surface area contributed by atoms with Gasteiger partial charge in [0.25, 0.3) is 0 Å². The van der Waals surface area contributed by atoms with Gasteiger partial charge in [-0.1, -0.05) is 0 Å². The molecule has 0 unspecified atom stereocenters. The van der Waals surface area contributed by atoms with E-state index < -0.39 is 0 Å². The smallest absolute Gasteiger partial charge is 0.165 e. The summed E-state index contributed by atoms with van der Waals surface area (Å²) in [4.78, 5) is 9.54. The third-order valence-electron chi connectivity index (χ3n) is 3.78. The molecule has 1 N–H and O–H groups in total. The molecule has 0 aliphatic heterocycles. The maximum atomic E-state index is 4.80. The largest absolute Gasteiger partial charge is 0.370 e. The molecule has 0 spiro atoms. The molecule has 2 aromatic heterocycles. The fourth-order valence-corrected chi connectivity index (χ4v) is 2.85. The van der Waals surface area contributed by atoms with Crippen LogP contribution in [-0.4, -0.2) is 26.3 Å². The van der Waals surface area contributed by atoms with E-state index in [1.807, 2.05) is 24.9 Å². The minimum Gasteiger partial charge on any atom is -0.370 e. The molecule has 0 radical (unpaired) electrons. The number of nitrogens with zero attached hydrogens (tertiary/aromatic N) is 4. The van der Waals surface area contributed by atoms with E-state index in [9.17, 15) is 0 Å². The Morgan fingerprint density at radius 3 is 2.75 bits per heavy atom. The lowest BCUT2D eigenvalue weighted by molar-refractivity contribution is 0.664. The zero-order chi connectivity index (χ0) is 14.1. The predicted molar refractivity (Wildman–Crippen MR) is 79.8 cm³/mol.